The van der Waals surface area contributed by atoms with Crippen molar-refractivity contribution < 1.29 is 96.8 Å². The van der Waals surface area contributed by atoms with Gasteiger partial charge in [0.2, 0.25) is 88.6 Å². The van der Waals surface area contributed by atoms with Gasteiger partial charge >= 0.3 is 11.9 Å². The largest absolute Gasteiger partial charge is 0.481 e. The summed E-state index contributed by atoms with van der Waals surface area (Å²) in [7, 11) is 3.48. The van der Waals surface area contributed by atoms with Crippen molar-refractivity contribution in [3.05, 3.63) is 35.9 Å². The Labute approximate surface area is 800 Å². The van der Waals surface area contributed by atoms with E-state index >= 15 is 28.8 Å². The van der Waals surface area contributed by atoms with Crippen LogP contribution in [0, 0.1) is 29.6 Å². The number of carbonyl (C=O) groups excluding carboxylic acids is 15. The molecular formula is C92H164N24O20. The molecule has 0 saturated carbocycles. The van der Waals surface area contributed by atoms with Gasteiger partial charge in [-0.1, -0.05) is 125 Å². The zero-order chi connectivity index (χ0) is 102. The number of aliphatic hydroxyl groups excluding tert-OH is 1. The average Bonchev–Trinajstić information content (AvgIpc) is 1.64. The maximum absolute atomic E-state index is 15.4. The van der Waals surface area contributed by atoms with Gasteiger partial charge in [0.05, 0.1) is 12.1 Å². The smallest absolute Gasteiger partial charge is 0.326 e. The highest BCUT2D eigenvalue weighted by atomic mass is 16.4. The van der Waals surface area contributed by atoms with Crippen molar-refractivity contribution in [3.63, 3.8) is 0 Å². The molecule has 0 bridgehead atoms. The number of carbonyl (C=O) groups is 17. The van der Waals surface area contributed by atoms with E-state index in [1.54, 1.807) is 114 Å². The van der Waals surface area contributed by atoms with Gasteiger partial charge in [-0.2, -0.15) is 0 Å². The molecule has 0 radical (unpaired) electrons. The van der Waals surface area contributed by atoms with Gasteiger partial charge in [-0.15, -0.1) is 0 Å². The number of aliphatic imine (C=N–C) groups is 1. The number of aliphatic hydroxyl groups is 1. The normalized spacial score (nSPS) is 16.7. The minimum atomic E-state index is -1.65. The van der Waals surface area contributed by atoms with Crippen molar-refractivity contribution in [2.75, 3.05) is 59.9 Å². The zero-order valence-corrected chi connectivity index (χ0v) is 82.4. The molecule has 1 aliphatic heterocycles. The lowest BCUT2D eigenvalue weighted by molar-refractivity contribution is -0.144. The first-order valence-electron chi connectivity index (χ1n) is 48.4. The number of unbranched alkanes of at least 4 members (excludes halogenated alkanes) is 5. The first-order chi connectivity index (χ1) is 64.4. The zero-order valence-electron chi connectivity index (χ0n) is 82.4. The van der Waals surface area contributed by atoms with Crippen LogP contribution in [0.15, 0.2) is 35.3 Å². The molecule has 136 heavy (non-hydrogen) atoms. The van der Waals surface area contributed by atoms with Crippen LogP contribution >= 0.6 is 0 Å². The minimum Gasteiger partial charge on any atom is -0.481 e. The number of carboxylic acids is 2. The lowest BCUT2D eigenvalue weighted by Gasteiger charge is -2.32. The molecule has 1 heterocycles. The van der Waals surface area contributed by atoms with Gasteiger partial charge in [-0.3, -0.25) is 81.7 Å². The number of likely N-dealkylation sites (tertiary alicyclic amines) is 1. The molecule has 0 aliphatic carbocycles. The number of guanidine groups is 1. The van der Waals surface area contributed by atoms with Gasteiger partial charge in [0.15, 0.2) is 5.96 Å². The standard InChI is InChI=1S/C92H164N24O20/c1-15-54(8)72(112-77(121)60(96)35-21-26-44-93)86(130)107-65(42-43-69(118)119)82(126)113-74(56(10)17-3)88(132)110-70(52(4)5)85(129)106-64(40-31-49-101-92(97)98)80(124)104-63(38-24-29-47-99-13)81(125)108-66(39-25-30-48-100-14)90(134)116-50-32-41-68(116)84(128)114-73(55(9)16-2)87(131)109-67(51-59-33-19-18-20-34-59)83(127)105-62(37-23-28-46-95)79(123)103-61(36-22-27-45-94)78(122)102-57(11)76(120)115-75(58(12)117)89(133)111-71(53(6)7)91(135)136/h18-20,33-34,52-58,60-68,70-75,99-100,117H,15-17,21-32,35-51,93-96H2,1-14H3,(H,102,122)(H,103,123)(H,104,124)(H,105,127)(H,106,129)(H,107,130)(H,108,125)(H,109,131)(H,110,132)(H,111,133)(H,112,121)(H,113,126)(H,114,128)(H,115,120)(H,118,119)(H,135,136)(H4,97,98,101)/t54-,55-,56-,57-,58+,60-,61-,62-,63-,64-,65-,66-,67-,68-,70-,71-,72-,73-,74-,75-/m0/s1. The fourth-order valence-electron chi connectivity index (χ4n) is 15.2. The molecule has 31 N–H and O–H groups in total. The fourth-order valence-corrected chi connectivity index (χ4v) is 15.2. The van der Waals surface area contributed by atoms with Crippen LogP contribution in [-0.2, 0) is 87.9 Å². The highest BCUT2D eigenvalue weighted by Gasteiger charge is 2.44. The number of amides is 15. The number of rotatable bonds is 70. The Morgan fingerprint density at radius 3 is 1.21 bits per heavy atom. The highest BCUT2D eigenvalue weighted by Crippen LogP contribution is 2.24. The molecule has 0 unspecified atom stereocenters. The third-order valence-corrected chi connectivity index (χ3v) is 24.3. The van der Waals surface area contributed by atoms with Crippen LogP contribution in [0.5, 0.6) is 0 Å². The molecule has 1 aromatic rings. The lowest BCUT2D eigenvalue weighted by atomic mass is 9.95. The van der Waals surface area contributed by atoms with Gasteiger partial charge in [-0.25, -0.2) is 4.79 Å². The third-order valence-electron chi connectivity index (χ3n) is 24.3. The fraction of sp³-hybridized carbons (Fsp3) is 0.739. The Morgan fingerprint density at radius 1 is 0.404 bits per heavy atom. The molecular weight excluding hydrogens is 1760 g/mol. The van der Waals surface area contributed by atoms with Gasteiger partial charge < -0.3 is 140 Å². The molecule has 0 spiro atoms. The minimum absolute atomic E-state index is 0.00759. The van der Waals surface area contributed by atoms with Gasteiger partial charge in [0, 0.05) is 25.9 Å². The first kappa shape index (κ1) is 121. The summed E-state index contributed by atoms with van der Waals surface area (Å²) in [5.74, 6) is -18.3. The van der Waals surface area contributed by atoms with Crippen LogP contribution in [-0.4, -0.2) is 289 Å². The number of aliphatic carboxylic acids is 2. The Bertz CT molecular complexity index is 3960. The van der Waals surface area contributed by atoms with E-state index in [9.17, 15) is 68.1 Å². The monoisotopic (exact) mass is 1930 g/mol. The summed E-state index contributed by atoms with van der Waals surface area (Å²) in [6.07, 6.45) is 3.35. The van der Waals surface area contributed by atoms with Crippen LogP contribution in [0.25, 0.3) is 0 Å². The van der Waals surface area contributed by atoms with E-state index < -0.39 is 246 Å². The van der Waals surface area contributed by atoms with Crippen LogP contribution < -0.4 is 119 Å². The van der Waals surface area contributed by atoms with Crippen molar-refractivity contribution in [3.8, 4) is 0 Å². The Balaban J connectivity index is 2.66. The number of hydrogen-bond donors (Lipinski definition) is 25. The van der Waals surface area contributed by atoms with Gasteiger partial charge in [0.1, 0.15) is 90.6 Å². The number of nitrogens with two attached hydrogens (primary N) is 6. The van der Waals surface area contributed by atoms with E-state index in [0.717, 1.165) is 0 Å². The molecule has 1 saturated heterocycles. The number of nitrogens with one attached hydrogen (secondary N) is 16. The molecule has 20 atom stereocenters. The van der Waals surface area contributed by atoms with Crippen LogP contribution in [0.4, 0.5) is 0 Å². The lowest BCUT2D eigenvalue weighted by Crippen LogP contribution is -2.62. The predicted molar refractivity (Wildman–Crippen MR) is 514 cm³/mol. The topological polar surface area (TPSA) is 715 Å². The number of hydrogen-bond acceptors (Lipinski definition) is 25. The van der Waals surface area contributed by atoms with E-state index in [2.05, 4.69) is 90.1 Å². The van der Waals surface area contributed by atoms with E-state index in [4.69, 9.17) is 34.4 Å². The third kappa shape index (κ3) is 44.1. The molecule has 44 nitrogen and oxygen atoms in total. The Kier molecular flexibility index (Phi) is 58.7. The van der Waals surface area contributed by atoms with Crippen molar-refractivity contribution in [1.82, 2.24) is 90.0 Å². The Hall–Kier alpha value is -10.8. The highest BCUT2D eigenvalue weighted by molar-refractivity contribution is 6.01. The van der Waals surface area contributed by atoms with Crippen molar-refractivity contribution in [1.29, 1.82) is 0 Å². The summed E-state index contributed by atoms with van der Waals surface area (Å²) in [6, 6.07) is -13.2. The average molecular weight is 1930 g/mol. The summed E-state index contributed by atoms with van der Waals surface area (Å²) < 4.78 is 0. The Morgan fingerprint density at radius 2 is 0.765 bits per heavy atom. The second-order valence-electron chi connectivity index (χ2n) is 36.2. The molecule has 1 aliphatic rings. The van der Waals surface area contributed by atoms with E-state index in [1.165, 1.54) is 18.7 Å². The molecule has 15 amide bonds. The van der Waals surface area contributed by atoms with Crippen LogP contribution in [0.3, 0.4) is 0 Å². The summed E-state index contributed by atoms with van der Waals surface area (Å²) in [6.45, 7) is 21.1. The van der Waals surface area contributed by atoms with Gasteiger partial charge in [0.25, 0.3) is 0 Å². The molecule has 0 aromatic heterocycles. The van der Waals surface area contributed by atoms with E-state index in [1.807, 2.05) is 0 Å². The van der Waals surface area contributed by atoms with Crippen LogP contribution in [0.1, 0.15) is 243 Å². The first-order valence-corrected chi connectivity index (χ1v) is 48.4. The summed E-state index contributed by atoms with van der Waals surface area (Å²) in [5.41, 5.74) is 35.5. The van der Waals surface area contributed by atoms with Gasteiger partial charge in [-0.05, 0) is 218 Å². The quantitative estimate of drug-likeness (QED) is 0.0180. The molecule has 1 aromatic carbocycles. The summed E-state index contributed by atoms with van der Waals surface area (Å²) in [5, 5.41) is 73.8. The summed E-state index contributed by atoms with van der Waals surface area (Å²) >= 11 is 0. The maximum Gasteiger partial charge on any atom is 0.326 e. The number of nitrogens with zero attached hydrogens (tertiary/aromatic N) is 2. The molecule has 772 valence electrons. The molecule has 2 rings (SSSR count). The van der Waals surface area contributed by atoms with E-state index in [-0.39, 0.29) is 96.3 Å². The van der Waals surface area contributed by atoms with Crippen molar-refractivity contribution in [2.24, 2.45) is 69.0 Å². The van der Waals surface area contributed by atoms with Crippen molar-refractivity contribution in [2.45, 2.75) is 346 Å². The SMILES string of the molecule is CC[C@H](C)[C@H](NC(=O)[C@H](CCC(=O)O)NC(=O)[C@@H](NC(=O)[C@@H](N)CCCCN)[C@@H](C)CC)C(=O)N[C@H](C(=O)N[C@@H](CCCN=C(N)N)C(=O)N[C@@H](CCCCNC)C(=O)N[C@@H](CCCCNC)C(=O)N1CCC[C@H]1C(=O)N[C@H](C(=O)N[C@@H](Cc1ccccc1)C(=O)N[C@@H](CCCCN)C(=O)N[C@@H](CCCCN)C(=O)N[C@@H](C)C(=O)N[C@H](C(=O)N[C@H](C(=O)O)C(C)C)[C@@H](C)O)[C@@H](C)CC)C(C)C. The molecule has 1 fully saturated rings. The van der Waals surface area contributed by atoms with E-state index in [0.29, 0.717) is 109 Å². The second-order valence-corrected chi connectivity index (χ2v) is 36.2. The number of carboxylic acid groups (broad SMARTS) is 2. The predicted octanol–water partition coefficient (Wildman–Crippen LogP) is -2.64. The van der Waals surface area contributed by atoms with Crippen LogP contribution in [0.2, 0.25) is 0 Å². The summed E-state index contributed by atoms with van der Waals surface area (Å²) in [4.78, 5) is 247. The second kappa shape index (κ2) is 65.8. The van der Waals surface area contributed by atoms with Crippen molar-refractivity contribution >= 4 is 107 Å². The maximum atomic E-state index is 15.4. The number of benzene rings is 1. The molecule has 44 heteroatoms.